The number of nitrogens with one attached hydrogen (secondary N) is 1. The van der Waals surface area contributed by atoms with Gasteiger partial charge in [0.2, 0.25) is 0 Å². The minimum atomic E-state index is -1.66. The molecule has 258 valence electrons. The van der Waals surface area contributed by atoms with E-state index in [0.29, 0.717) is 47.2 Å². The maximum Gasteiger partial charge on any atom is 0.170 e. The number of nitrogen functional groups attached to an aromatic ring is 1. The van der Waals surface area contributed by atoms with E-state index in [-0.39, 0.29) is 37.4 Å². The van der Waals surface area contributed by atoms with E-state index in [2.05, 4.69) is 15.3 Å². The molecule has 0 spiro atoms. The number of fused-ring (bicyclic) bond motifs is 1. The first kappa shape index (κ1) is 35.3. The molecular formula is C38H49N4O6-. The van der Waals surface area contributed by atoms with Gasteiger partial charge < -0.3 is 36.1 Å². The van der Waals surface area contributed by atoms with Crippen molar-refractivity contribution in [3.05, 3.63) is 76.7 Å². The average Bonchev–Trinajstić information content (AvgIpc) is 3.60. The summed E-state index contributed by atoms with van der Waals surface area (Å²) in [6.45, 7) is 0.765. The number of phenols is 1. The Morgan fingerprint density at radius 2 is 1.96 bits per heavy atom. The number of phenolic OH excluding ortho intramolecular Hbond substituents is 1. The lowest BCUT2D eigenvalue weighted by Gasteiger charge is -2.42. The first-order valence-corrected chi connectivity index (χ1v) is 17.1. The summed E-state index contributed by atoms with van der Waals surface area (Å²) >= 11 is 0. The molecule has 2 aliphatic rings. The number of carbonyl (C=O) groups is 2. The third kappa shape index (κ3) is 7.83. The zero-order valence-corrected chi connectivity index (χ0v) is 28.0. The van der Waals surface area contributed by atoms with Crippen molar-refractivity contribution in [2.45, 2.75) is 76.2 Å². The number of aryl methyl sites for hydroxylation is 1. The normalized spacial score (nSPS) is 22.6. The molecule has 3 aromatic rings. The van der Waals surface area contributed by atoms with E-state index in [0.717, 1.165) is 30.6 Å². The Bertz CT molecular complexity index is 1590. The number of nitrogens with zero attached hydrogens (tertiary/aromatic N) is 2. The molecule has 1 aromatic carbocycles. The van der Waals surface area contributed by atoms with E-state index in [4.69, 9.17) is 10.5 Å². The van der Waals surface area contributed by atoms with Crippen LogP contribution >= 0.6 is 0 Å². The molecule has 10 nitrogen and oxygen atoms in total. The Morgan fingerprint density at radius 1 is 1.17 bits per heavy atom. The van der Waals surface area contributed by atoms with Crippen LogP contribution in [0.1, 0.15) is 85.2 Å². The highest BCUT2D eigenvalue weighted by atomic mass is 16.5. The number of ether oxygens (including phenoxy) is 1. The molecule has 2 heterocycles. The number of aromatic nitrogens is 2. The smallest absolute Gasteiger partial charge is 0.170 e. The van der Waals surface area contributed by atoms with Gasteiger partial charge in [-0.25, -0.2) is 4.98 Å². The summed E-state index contributed by atoms with van der Waals surface area (Å²) in [6, 6.07) is 9.03. The standard InChI is InChI=1S/C38H49N4O6/c1-40-22-26-8-3-6-24(18-26)7-4-10-31(44)36(47)32(45)12-11-25-19-30(35(46)33(20-25)48-2)34-28-14-17-42-37(39)29(28)13-15-38(34,23-43)21-27-9-5-16-41-27/h5,9,13-17,19-20,24,26,34,36,40,43,46-47H,3-4,6-8,10-12,18,21-23H2,1-2H3,(H2,39,42)/q-1/t24-,26+,34+,36+,38+/m1/s1. The van der Waals surface area contributed by atoms with Gasteiger partial charge in [-0.2, -0.15) is 11.9 Å². The van der Waals surface area contributed by atoms with Crippen LogP contribution in [0.3, 0.4) is 0 Å². The van der Waals surface area contributed by atoms with Crippen molar-refractivity contribution >= 4 is 23.5 Å². The highest BCUT2D eigenvalue weighted by Crippen LogP contribution is 2.53. The van der Waals surface area contributed by atoms with Crippen LogP contribution in [-0.2, 0) is 22.4 Å². The lowest BCUT2D eigenvalue weighted by Crippen LogP contribution is -2.37. The Hall–Kier alpha value is -3.99. The van der Waals surface area contributed by atoms with Crippen molar-refractivity contribution in [2.24, 2.45) is 17.3 Å². The summed E-state index contributed by atoms with van der Waals surface area (Å²) < 4.78 is 5.57. The van der Waals surface area contributed by atoms with E-state index in [9.17, 15) is 24.9 Å². The highest BCUT2D eigenvalue weighted by Gasteiger charge is 2.43. The Kier molecular flexibility index (Phi) is 11.7. The monoisotopic (exact) mass is 657 g/mol. The Balaban J connectivity index is 1.32. The highest BCUT2D eigenvalue weighted by molar-refractivity contribution is 6.05. The molecule has 5 rings (SSSR count). The minimum absolute atomic E-state index is 0.0603. The first-order chi connectivity index (χ1) is 23.2. The van der Waals surface area contributed by atoms with Crippen molar-refractivity contribution in [2.75, 3.05) is 33.0 Å². The van der Waals surface area contributed by atoms with Gasteiger partial charge in [0, 0.05) is 41.5 Å². The van der Waals surface area contributed by atoms with Crippen LogP contribution in [0.15, 0.2) is 48.8 Å². The largest absolute Gasteiger partial charge is 0.668 e. The number of aliphatic hydroxyl groups excluding tert-OH is 2. The molecule has 2 aromatic heterocycles. The average molecular weight is 658 g/mol. The lowest BCUT2D eigenvalue weighted by molar-refractivity contribution is -0.138. The number of nitrogens with two attached hydrogens (primary N) is 1. The number of anilines is 1. The summed E-state index contributed by atoms with van der Waals surface area (Å²) in [4.78, 5) is 34.5. The number of Topliss-reactive ketones (excluding diaryl/α,β-unsaturated/α-hetero) is 2. The van der Waals surface area contributed by atoms with Gasteiger partial charge in [-0.15, -0.1) is 0 Å². The molecule has 0 saturated heterocycles. The van der Waals surface area contributed by atoms with Crippen LogP contribution in [0.4, 0.5) is 5.82 Å². The topological polar surface area (TPSA) is 169 Å². The third-order valence-electron chi connectivity index (χ3n) is 10.3. The van der Waals surface area contributed by atoms with E-state index >= 15 is 0 Å². The van der Waals surface area contributed by atoms with Crippen LogP contribution in [0.2, 0.25) is 0 Å². The number of pyridine rings is 1. The van der Waals surface area contributed by atoms with Crippen LogP contribution < -0.4 is 20.8 Å². The molecule has 0 aliphatic heterocycles. The zero-order chi connectivity index (χ0) is 34.3. The number of rotatable bonds is 16. The molecule has 2 aliphatic carbocycles. The molecule has 0 unspecified atom stereocenters. The van der Waals surface area contributed by atoms with Gasteiger partial charge >= 0.3 is 0 Å². The number of hydrogen-bond donors (Lipinski definition) is 5. The van der Waals surface area contributed by atoms with Crippen molar-refractivity contribution in [1.82, 2.24) is 15.3 Å². The van der Waals surface area contributed by atoms with E-state index < -0.39 is 29.0 Å². The third-order valence-corrected chi connectivity index (χ3v) is 10.3. The molecule has 10 heteroatoms. The van der Waals surface area contributed by atoms with Crippen molar-refractivity contribution in [3.63, 3.8) is 0 Å². The van der Waals surface area contributed by atoms with Crippen molar-refractivity contribution in [3.8, 4) is 11.5 Å². The van der Waals surface area contributed by atoms with Crippen LogP contribution in [0.5, 0.6) is 11.5 Å². The predicted molar refractivity (Wildman–Crippen MR) is 185 cm³/mol. The Labute approximate surface area is 282 Å². The van der Waals surface area contributed by atoms with E-state index in [1.54, 1.807) is 24.5 Å². The van der Waals surface area contributed by atoms with Gasteiger partial charge in [-0.3, -0.25) is 9.59 Å². The van der Waals surface area contributed by atoms with Gasteiger partial charge in [0.25, 0.3) is 0 Å². The summed E-state index contributed by atoms with van der Waals surface area (Å²) in [5, 5.41) is 36.4. The molecule has 0 amide bonds. The molecule has 6 N–H and O–H groups in total. The zero-order valence-electron chi connectivity index (χ0n) is 28.0. The molecule has 0 bridgehead atoms. The number of ketones is 2. The SMILES string of the molecule is CNC[C@H]1CCC[C@H](CCCC(=O)[C@H](O)C(=O)CCc2cc(OC)c(O)c([C@@H]3c4ccnc(N)c4C=C[C@@]3(CO)Cc3ccc[n-]3)c2)C1. The Morgan fingerprint density at radius 3 is 2.69 bits per heavy atom. The summed E-state index contributed by atoms with van der Waals surface area (Å²) in [5.74, 6) is 0.174. The number of aliphatic hydroxyl groups is 2. The van der Waals surface area contributed by atoms with Gasteiger partial charge in [-0.1, -0.05) is 49.6 Å². The van der Waals surface area contributed by atoms with Crippen LogP contribution in [0.25, 0.3) is 6.08 Å². The quantitative estimate of drug-likeness (QED) is 0.140. The van der Waals surface area contributed by atoms with Crippen molar-refractivity contribution < 1.29 is 29.6 Å². The second-order valence-electron chi connectivity index (χ2n) is 13.6. The molecule has 1 fully saturated rings. The molecule has 1 saturated carbocycles. The van der Waals surface area contributed by atoms with Gasteiger partial charge in [0.1, 0.15) is 5.82 Å². The van der Waals surface area contributed by atoms with E-state index in [1.165, 1.54) is 26.4 Å². The fourth-order valence-electron chi connectivity index (χ4n) is 7.84. The van der Waals surface area contributed by atoms with Gasteiger partial charge in [0.05, 0.1) is 13.7 Å². The van der Waals surface area contributed by atoms with Crippen molar-refractivity contribution in [1.29, 1.82) is 0 Å². The maximum atomic E-state index is 13.0. The molecule has 48 heavy (non-hydrogen) atoms. The first-order valence-electron chi connectivity index (χ1n) is 17.1. The second kappa shape index (κ2) is 15.9. The van der Waals surface area contributed by atoms with E-state index in [1.807, 2.05) is 37.4 Å². The minimum Gasteiger partial charge on any atom is -0.668 e. The lowest BCUT2D eigenvalue weighted by atomic mass is 9.63. The van der Waals surface area contributed by atoms with Crippen LogP contribution in [0, 0.1) is 17.3 Å². The summed E-state index contributed by atoms with van der Waals surface area (Å²) in [6.07, 6.45) is 12.5. The number of aromatic hydroxyl groups is 1. The summed E-state index contributed by atoms with van der Waals surface area (Å²) in [5.41, 5.74) is 8.81. The van der Waals surface area contributed by atoms with Crippen LogP contribution in [-0.4, -0.2) is 65.3 Å². The maximum absolute atomic E-state index is 13.0. The van der Waals surface area contributed by atoms with Gasteiger partial charge in [-0.05, 0) is 80.8 Å². The molecule has 5 atom stereocenters. The number of hydrogen-bond acceptors (Lipinski definition) is 9. The number of carbonyl (C=O) groups excluding carboxylic acids is 2. The summed E-state index contributed by atoms with van der Waals surface area (Å²) in [7, 11) is 3.43. The second-order valence-corrected chi connectivity index (χ2v) is 13.6. The predicted octanol–water partition coefficient (Wildman–Crippen LogP) is 4.34. The van der Waals surface area contributed by atoms with Gasteiger partial charge in [0.15, 0.2) is 29.2 Å². The molecule has 0 radical (unpaired) electrons. The fourth-order valence-corrected chi connectivity index (χ4v) is 7.84. The molecular weight excluding hydrogens is 608 g/mol. The number of methoxy groups -OCH3 is 1. The fraction of sp³-hybridized carbons (Fsp3) is 0.500. The number of benzene rings is 1.